The van der Waals surface area contributed by atoms with Crippen LogP contribution in [0.3, 0.4) is 0 Å². The van der Waals surface area contributed by atoms with Gasteiger partial charge in [-0.05, 0) is 19.3 Å². The number of ether oxygens (including phenoxy) is 2. The molecule has 2 aliphatic rings. The summed E-state index contributed by atoms with van der Waals surface area (Å²) >= 11 is 0. The standard InChI is InChI=1S/C12H22N2O3/c1-8-5-16-4-3-9(8)14-11(15)12(2)7-17-6-10(12)13/h8-10H,3-7,13H2,1-2H3,(H,14,15). The average molecular weight is 242 g/mol. The van der Waals surface area contributed by atoms with Crippen LogP contribution in [0, 0.1) is 11.3 Å². The minimum atomic E-state index is -0.585. The predicted molar refractivity (Wildman–Crippen MR) is 63.4 cm³/mol. The Kier molecular flexibility index (Phi) is 3.70. The van der Waals surface area contributed by atoms with E-state index < -0.39 is 5.41 Å². The van der Waals surface area contributed by atoms with Gasteiger partial charge in [0, 0.05) is 18.7 Å². The molecule has 0 aliphatic carbocycles. The molecule has 2 heterocycles. The minimum absolute atomic E-state index is 0.0150. The number of carbonyl (C=O) groups is 1. The van der Waals surface area contributed by atoms with Crippen molar-refractivity contribution in [1.82, 2.24) is 5.32 Å². The van der Waals surface area contributed by atoms with Gasteiger partial charge in [-0.2, -0.15) is 0 Å². The number of hydrogen-bond donors (Lipinski definition) is 2. The first kappa shape index (κ1) is 12.8. The molecule has 0 aromatic carbocycles. The van der Waals surface area contributed by atoms with E-state index in [1.165, 1.54) is 0 Å². The van der Waals surface area contributed by atoms with Crippen LogP contribution in [0.25, 0.3) is 0 Å². The van der Waals surface area contributed by atoms with Gasteiger partial charge in [-0.25, -0.2) is 0 Å². The zero-order valence-corrected chi connectivity index (χ0v) is 10.6. The van der Waals surface area contributed by atoms with Crippen molar-refractivity contribution in [3.63, 3.8) is 0 Å². The van der Waals surface area contributed by atoms with E-state index >= 15 is 0 Å². The van der Waals surface area contributed by atoms with Gasteiger partial charge >= 0.3 is 0 Å². The Morgan fingerprint density at radius 3 is 2.76 bits per heavy atom. The molecule has 2 fully saturated rings. The zero-order chi connectivity index (χ0) is 12.5. The van der Waals surface area contributed by atoms with E-state index in [4.69, 9.17) is 15.2 Å². The fraction of sp³-hybridized carbons (Fsp3) is 0.917. The van der Waals surface area contributed by atoms with Gasteiger partial charge in [0.25, 0.3) is 0 Å². The summed E-state index contributed by atoms with van der Waals surface area (Å²) in [4.78, 5) is 12.3. The molecule has 17 heavy (non-hydrogen) atoms. The largest absolute Gasteiger partial charge is 0.381 e. The third-order valence-corrected chi connectivity index (χ3v) is 3.99. The monoisotopic (exact) mass is 242 g/mol. The van der Waals surface area contributed by atoms with Gasteiger partial charge in [-0.3, -0.25) is 4.79 Å². The zero-order valence-electron chi connectivity index (χ0n) is 10.6. The van der Waals surface area contributed by atoms with Crippen LogP contribution in [0.1, 0.15) is 20.3 Å². The van der Waals surface area contributed by atoms with E-state index in [1.54, 1.807) is 0 Å². The molecule has 0 aromatic heterocycles. The maximum Gasteiger partial charge on any atom is 0.230 e. The van der Waals surface area contributed by atoms with Gasteiger partial charge in [0.2, 0.25) is 5.91 Å². The van der Waals surface area contributed by atoms with Crippen molar-refractivity contribution in [3.8, 4) is 0 Å². The molecule has 0 aromatic rings. The second-order valence-electron chi connectivity index (χ2n) is 5.46. The summed E-state index contributed by atoms with van der Waals surface area (Å²) in [6.45, 7) is 6.28. The van der Waals surface area contributed by atoms with E-state index in [2.05, 4.69) is 12.2 Å². The normalized spacial score (nSPS) is 42.4. The van der Waals surface area contributed by atoms with Crippen LogP contribution < -0.4 is 11.1 Å². The van der Waals surface area contributed by atoms with Crippen LogP contribution in [0.2, 0.25) is 0 Å². The number of rotatable bonds is 2. The summed E-state index contributed by atoms with van der Waals surface area (Å²) in [5.74, 6) is 0.371. The second kappa shape index (κ2) is 4.92. The maximum atomic E-state index is 12.3. The Morgan fingerprint density at radius 1 is 1.41 bits per heavy atom. The summed E-state index contributed by atoms with van der Waals surface area (Å²) in [6, 6.07) is -0.0153. The smallest absolute Gasteiger partial charge is 0.230 e. The number of carbonyl (C=O) groups excluding carboxylic acids is 1. The van der Waals surface area contributed by atoms with E-state index in [0.29, 0.717) is 32.3 Å². The SMILES string of the molecule is CC1COCCC1NC(=O)C1(C)COCC1N. The van der Waals surface area contributed by atoms with Crippen molar-refractivity contribution in [2.75, 3.05) is 26.4 Å². The lowest BCUT2D eigenvalue weighted by Crippen LogP contribution is -2.54. The summed E-state index contributed by atoms with van der Waals surface area (Å²) in [5.41, 5.74) is 5.36. The van der Waals surface area contributed by atoms with Crippen LogP contribution in [0.15, 0.2) is 0 Å². The van der Waals surface area contributed by atoms with Crippen LogP contribution in [0.5, 0.6) is 0 Å². The van der Waals surface area contributed by atoms with Gasteiger partial charge in [0.05, 0.1) is 25.2 Å². The fourth-order valence-electron chi connectivity index (χ4n) is 2.35. The Bertz CT molecular complexity index is 297. The van der Waals surface area contributed by atoms with Crippen molar-refractivity contribution in [1.29, 1.82) is 0 Å². The number of hydrogen-bond acceptors (Lipinski definition) is 4. The van der Waals surface area contributed by atoms with E-state index in [1.807, 2.05) is 6.92 Å². The molecule has 2 saturated heterocycles. The molecule has 2 aliphatic heterocycles. The van der Waals surface area contributed by atoms with Gasteiger partial charge in [0.1, 0.15) is 0 Å². The van der Waals surface area contributed by atoms with Gasteiger partial charge in [-0.1, -0.05) is 6.92 Å². The van der Waals surface area contributed by atoms with Crippen molar-refractivity contribution >= 4 is 5.91 Å². The lowest BCUT2D eigenvalue weighted by molar-refractivity contribution is -0.132. The van der Waals surface area contributed by atoms with Crippen molar-refractivity contribution in [2.45, 2.75) is 32.4 Å². The molecule has 98 valence electrons. The molecule has 4 atom stereocenters. The van der Waals surface area contributed by atoms with Crippen molar-refractivity contribution in [2.24, 2.45) is 17.1 Å². The highest BCUT2D eigenvalue weighted by atomic mass is 16.5. The van der Waals surface area contributed by atoms with E-state index in [9.17, 15) is 4.79 Å². The van der Waals surface area contributed by atoms with Crippen LogP contribution in [0.4, 0.5) is 0 Å². The van der Waals surface area contributed by atoms with Crippen LogP contribution in [-0.2, 0) is 14.3 Å². The van der Waals surface area contributed by atoms with Gasteiger partial charge in [0.15, 0.2) is 0 Å². The molecule has 5 heteroatoms. The molecule has 0 saturated carbocycles. The Balaban J connectivity index is 1.96. The maximum absolute atomic E-state index is 12.3. The minimum Gasteiger partial charge on any atom is -0.381 e. The highest BCUT2D eigenvalue weighted by Gasteiger charge is 2.45. The average Bonchev–Trinajstić information content (AvgIpc) is 2.64. The van der Waals surface area contributed by atoms with Crippen LogP contribution >= 0.6 is 0 Å². The third kappa shape index (κ3) is 2.46. The molecular weight excluding hydrogens is 220 g/mol. The lowest BCUT2D eigenvalue weighted by Gasteiger charge is -2.33. The predicted octanol–water partition coefficient (Wildman–Crippen LogP) is -0.109. The third-order valence-electron chi connectivity index (χ3n) is 3.99. The van der Waals surface area contributed by atoms with Crippen molar-refractivity contribution in [3.05, 3.63) is 0 Å². The molecule has 2 rings (SSSR count). The summed E-state index contributed by atoms with van der Waals surface area (Å²) in [6.07, 6.45) is 0.874. The van der Waals surface area contributed by atoms with Crippen molar-refractivity contribution < 1.29 is 14.3 Å². The lowest BCUT2D eigenvalue weighted by atomic mass is 9.84. The molecule has 1 amide bonds. The number of nitrogens with one attached hydrogen (secondary N) is 1. The molecule has 0 spiro atoms. The first-order valence-corrected chi connectivity index (χ1v) is 6.26. The molecule has 0 bridgehead atoms. The highest BCUT2D eigenvalue weighted by molar-refractivity contribution is 5.83. The molecule has 0 radical (unpaired) electrons. The molecule has 5 nitrogen and oxygen atoms in total. The van der Waals surface area contributed by atoms with E-state index in [-0.39, 0.29) is 18.0 Å². The first-order chi connectivity index (χ1) is 8.04. The first-order valence-electron chi connectivity index (χ1n) is 6.26. The summed E-state index contributed by atoms with van der Waals surface area (Å²) in [7, 11) is 0. The van der Waals surface area contributed by atoms with Gasteiger partial charge in [-0.15, -0.1) is 0 Å². The summed E-state index contributed by atoms with van der Waals surface area (Å²) < 4.78 is 10.7. The highest BCUT2D eigenvalue weighted by Crippen LogP contribution is 2.28. The number of nitrogens with two attached hydrogens (primary N) is 1. The molecule has 4 unspecified atom stereocenters. The second-order valence-corrected chi connectivity index (χ2v) is 5.46. The summed E-state index contributed by atoms with van der Waals surface area (Å²) in [5, 5.41) is 3.10. The fourth-order valence-corrected chi connectivity index (χ4v) is 2.35. The Hall–Kier alpha value is -0.650. The molecular formula is C12H22N2O3. The number of amides is 1. The quantitative estimate of drug-likeness (QED) is 0.708. The Morgan fingerprint density at radius 2 is 2.18 bits per heavy atom. The van der Waals surface area contributed by atoms with E-state index in [0.717, 1.165) is 6.42 Å². The Labute approximate surface area is 102 Å². The molecule has 3 N–H and O–H groups in total. The topological polar surface area (TPSA) is 73.6 Å². The van der Waals surface area contributed by atoms with Gasteiger partial charge < -0.3 is 20.5 Å². The van der Waals surface area contributed by atoms with Crippen LogP contribution in [-0.4, -0.2) is 44.4 Å².